The smallest absolute Gasteiger partial charge is 0.0626 e. The number of benzene rings is 2. The van der Waals surface area contributed by atoms with E-state index in [1.54, 1.807) is 0 Å². The molecule has 0 aliphatic heterocycles. The SMILES string of the molecule is OC[C@H](NC1CC(c2cccc(Br)c2)C1)c1ccccc1. The van der Waals surface area contributed by atoms with Crippen LogP contribution in [-0.4, -0.2) is 17.8 Å². The largest absolute Gasteiger partial charge is 0.394 e. The lowest BCUT2D eigenvalue weighted by molar-refractivity contribution is 0.197. The van der Waals surface area contributed by atoms with Gasteiger partial charge in [-0.15, -0.1) is 0 Å². The summed E-state index contributed by atoms with van der Waals surface area (Å²) >= 11 is 3.53. The van der Waals surface area contributed by atoms with Gasteiger partial charge < -0.3 is 10.4 Å². The van der Waals surface area contributed by atoms with Crippen LogP contribution in [-0.2, 0) is 0 Å². The molecule has 1 atom stereocenters. The summed E-state index contributed by atoms with van der Waals surface area (Å²) < 4.78 is 1.15. The Hall–Kier alpha value is -1.16. The van der Waals surface area contributed by atoms with Crippen molar-refractivity contribution in [3.8, 4) is 0 Å². The number of nitrogens with one attached hydrogen (secondary N) is 1. The molecule has 3 heteroatoms. The minimum Gasteiger partial charge on any atom is -0.394 e. The summed E-state index contributed by atoms with van der Waals surface area (Å²) in [5, 5.41) is 13.2. The van der Waals surface area contributed by atoms with Gasteiger partial charge in [-0.1, -0.05) is 58.4 Å². The van der Waals surface area contributed by atoms with Gasteiger partial charge in [-0.2, -0.15) is 0 Å². The molecule has 0 radical (unpaired) electrons. The van der Waals surface area contributed by atoms with Gasteiger partial charge >= 0.3 is 0 Å². The van der Waals surface area contributed by atoms with E-state index in [4.69, 9.17) is 0 Å². The van der Waals surface area contributed by atoms with E-state index in [-0.39, 0.29) is 12.6 Å². The van der Waals surface area contributed by atoms with Crippen LogP contribution in [0.1, 0.15) is 35.9 Å². The van der Waals surface area contributed by atoms with Gasteiger partial charge in [-0.05, 0) is 42.0 Å². The van der Waals surface area contributed by atoms with E-state index in [1.165, 1.54) is 5.56 Å². The number of hydrogen-bond acceptors (Lipinski definition) is 2. The Kier molecular flexibility index (Phi) is 4.73. The fourth-order valence-corrected chi connectivity index (χ4v) is 3.43. The molecule has 1 aliphatic carbocycles. The molecular weight excluding hydrogens is 326 g/mol. The third-order valence-electron chi connectivity index (χ3n) is 4.28. The number of rotatable bonds is 5. The van der Waals surface area contributed by atoms with Crippen LogP contribution in [0, 0.1) is 0 Å². The van der Waals surface area contributed by atoms with E-state index >= 15 is 0 Å². The quantitative estimate of drug-likeness (QED) is 0.857. The highest BCUT2D eigenvalue weighted by Crippen LogP contribution is 2.38. The van der Waals surface area contributed by atoms with Crippen LogP contribution < -0.4 is 5.32 Å². The average molecular weight is 346 g/mol. The summed E-state index contributed by atoms with van der Waals surface area (Å²) in [5.41, 5.74) is 2.56. The van der Waals surface area contributed by atoms with E-state index < -0.39 is 0 Å². The molecule has 1 saturated carbocycles. The van der Waals surface area contributed by atoms with Crippen LogP contribution in [0.4, 0.5) is 0 Å². The third-order valence-corrected chi connectivity index (χ3v) is 4.77. The van der Waals surface area contributed by atoms with Gasteiger partial charge in [0, 0.05) is 10.5 Å². The summed E-state index contributed by atoms with van der Waals surface area (Å²) in [7, 11) is 0. The Bertz CT molecular complexity index is 581. The molecule has 2 aromatic carbocycles. The maximum absolute atomic E-state index is 9.60. The summed E-state index contributed by atoms with van der Waals surface area (Å²) in [5.74, 6) is 0.634. The second-order valence-electron chi connectivity index (χ2n) is 5.73. The van der Waals surface area contributed by atoms with Crippen LogP contribution in [0.25, 0.3) is 0 Å². The van der Waals surface area contributed by atoms with Gasteiger partial charge in [-0.25, -0.2) is 0 Å². The fraction of sp³-hybridized carbons (Fsp3) is 0.333. The van der Waals surface area contributed by atoms with Crippen LogP contribution in [0.2, 0.25) is 0 Å². The molecule has 0 heterocycles. The zero-order chi connectivity index (χ0) is 14.7. The second-order valence-corrected chi connectivity index (χ2v) is 6.65. The van der Waals surface area contributed by atoms with Crippen molar-refractivity contribution >= 4 is 15.9 Å². The van der Waals surface area contributed by atoms with E-state index in [0.29, 0.717) is 12.0 Å². The molecule has 1 fully saturated rings. The van der Waals surface area contributed by atoms with Crippen molar-refractivity contribution < 1.29 is 5.11 Å². The van der Waals surface area contributed by atoms with Gasteiger partial charge in [-0.3, -0.25) is 0 Å². The number of aliphatic hydroxyl groups excluding tert-OH is 1. The highest BCUT2D eigenvalue weighted by molar-refractivity contribution is 9.10. The number of aliphatic hydroxyl groups is 1. The maximum atomic E-state index is 9.60. The van der Waals surface area contributed by atoms with Crippen LogP contribution in [0.3, 0.4) is 0 Å². The Morgan fingerprint density at radius 3 is 2.52 bits per heavy atom. The third kappa shape index (κ3) is 3.54. The molecule has 0 amide bonds. The topological polar surface area (TPSA) is 32.3 Å². The van der Waals surface area contributed by atoms with Gasteiger partial charge in [0.05, 0.1) is 12.6 Å². The lowest BCUT2D eigenvalue weighted by Crippen LogP contribution is -2.43. The normalized spacial score (nSPS) is 22.6. The average Bonchev–Trinajstić information content (AvgIpc) is 2.47. The number of halogens is 1. The maximum Gasteiger partial charge on any atom is 0.0626 e. The monoisotopic (exact) mass is 345 g/mol. The van der Waals surface area contributed by atoms with Crippen LogP contribution in [0.5, 0.6) is 0 Å². The Labute approximate surface area is 134 Å². The predicted octanol–water partition coefficient (Wildman–Crippen LogP) is 4.02. The van der Waals surface area contributed by atoms with Crippen molar-refractivity contribution in [2.24, 2.45) is 0 Å². The minimum absolute atomic E-state index is 0.0414. The predicted molar refractivity (Wildman–Crippen MR) is 89.3 cm³/mol. The number of hydrogen-bond donors (Lipinski definition) is 2. The Morgan fingerprint density at radius 1 is 1.10 bits per heavy atom. The first-order chi connectivity index (χ1) is 10.3. The van der Waals surface area contributed by atoms with E-state index in [0.717, 1.165) is 22.9 Å². The molecule has 3 rings (SSSR count). The Balaban J connectivity index is 1.57. The molecule has 0 bridgehead atoms. The molecule has 21 heavy (non-hydrogen) atoms. The van der Waals surface area contributed by atoms with Crippen molar-refractivity contribution in [1.29, 1.82) is 0 Å². The first-order valence-corrected chi connectivity index (χ1v) is 8.23. The lowest BCUT2D eigenvalue weighted by atomic mass is 9.75. The molecule has 2 nitrogen and oxygen atoms in total. The van der Waals surface area contributed by atoms with Crippen LogP contribution >= 0.6 is 15.9 Å². The van der Waals surface area contributed by atoms with Gasteiger partial charge in [0.25, 0.3) is 0 Å². The zero-order valence-electron chi connectivity index (χ0n) is 11.9. The zero-order valence-corrected chi connectivity index (χ0v) is 13.5. The first kappa shape index (κ1) is 14.8. The molecule has 0 unspecified atom stereocenters. The van der Waals surface area contributed by atoms with Crippen LogP contribution in [0.15, 0.2) is 59.1 Å². The highest BCUT2D eigenvalue weighted by atomic mass is 79.9. The lowest BCUT2D eigenvalue weighted by Gasteiger charge is -2.38. The highest BCUT2D eigenvalue weighted by Gasteiger charge is 2.31. The van der Waals surface area contributed by atoms with E-state index in [2.05, 4.69) is 57.6 Å². The standard InChI is InChI=1S/C18H20BrNO/c19-16-8-4-7-14(9-16)15-10-17(11-15)20-18(12-21)13-5-2-1-3-6-13/h1-9,15,17-18,20-21H,10-12H2/t15?,17?,18-/m0/s1. The summed E-state index contributed by atoms with van der Waals surface area (Å²) in [6.07, 6.45) is 2.28. The van der Waals surface area contributed by atoms with Gasteiger partial charge in [0.1, 0.15) is 0 Å². The summed E-state index contributed by atoms with van der Waals surface area (Å²) in [6.45, 7) is 0.141. The van der Waals surface area contributed by atoms with E-state index in [9.17, 15) is 5.11 Å². The Morgan fingerprint density at radius 2 is 1.86 bits per heavy atom. The second kappa shape index (κ2) is 6.73. The van der Waals surface area contributed by atoms with Gasteiger partial charge in [0.15, 0.2) is 0 Å². The fourth-order valence-electron chi connectivity index (χ4n) is 3.01. The molecule has 0 aromatic heterocycles. The molecular formula is C18H20BrNO. The van der Waals surface area contributed by atoms with Crippen molar-refractivity contribution in [3.63, 3.8) is 0 Å². The summed E-state index contributed by atoms with van der Waals surface area (Å²) in [4.78, 5) is 0. The van der Waals surface area contributed by atoms with Crippen molar-refractivity contribution in [1.82, 2.24) is 5.32 Å². The molecule has 110 valence electrons. The molecule has 0 saturated heterocycles. The van der Waals surface area contributed by atoms with Crippen molar-refractivity contribution in [2.75, 3.05) is 6.61 Å². The van der Waals surface area contributed by atoms with Gasteiger partial charge in [0.2, 0.25) is 0 Å². The molecule has 2 N–H and O–H groups in total. The molecule has 1 aliphatic rings. The molecule has 2 aromatic rings. The minimum atomic E-state index is 0.0414. The van der Waals surface area contributed by atoms with Crippen molar-refractivity contribution in [3.05, 3.63) is 70.2 Å². The summed E-state index contributed by atoms with van der Waals surface area (Å²) in [6, 6.07) is 19.3. The first-order valence-electron chi connectivity index (χ1n) is 7.43. The van der Waals surface area contributed by atoms with E-state index in [1.807, 2.05) is 18.2 Å². The van der Waals surface area contributed by atoms with Crippen molar-refractivity contribution in [2.45, 2.75) is 30.8 Å². The molecule has 0 spiro atoms.